The number of hydrogen-bond acceptors (Lipinski definition) is 3. The molecule has 0 aliphatic heterocycles. The lowest BCUT2D eigenvalue weighted by atomic mass is 9.89. The second-order valence-electron chi connectivity index (χ2n) is 4.68. The highest BCUT2D eigenvalue weighted by atomic mass is 35.5. The summed E-state index contributed by atoms with van der Waals surface area (Å²) in [6, 6.07) is 7.48. The van der Waals surface area contributed by atoms with Crippen LogP contribution in [0.25, 0.3) is 0 Å². The maximum absolute atomic E-state index is 11.7. The number of anilines is 1. The van der Waals surface area contributed by atoms with Crippen molar-refractivity contribution in [3.05, 3.63) is 29.3 Å². The first-order chi connectivity index (χ1) is 9.17. The Hall–Kier alpha value is -1.10. The van der Waals surface area contributed by atoms with E-state index in [2.05, 4.69) is 10.6 Å². The number of nitrogens with one attached hydrogen (secondary N) is 2. The molecule has 0 aromatic heterocycles. The van der Waals surface area contributed by atoms with E-state index in [-0.39, 0.29) is 5.91 Å². The molecule has 0 spiro atoms. The van der Waals surface area contributed by atoms with Crippen LogP contribution in [0.5, 0.6) is 0 Å². The molecule has 0 atom stereocenters. The Bertz CT molecular complexity index is 416. The van der Waals surface area contributed by atoms with Gasteiger partial charge in [0.1, 0.15) is 0 Å². The molecule has 19 heavy (non-hydrogen) atoms. The lowest BCUT2D eigenvalue weighted by molar-refractivity contribution is -0.116. The molecular formula is C14H19ClN2O2. The molecule has 0 bridgehead atoms. The summed E-state index contributed by atoms with van der Waals surface area (Å²) in [5.41, 5.74) is 0.761. The molecule has 0 saturated heterocycles. The summed E-state index contributed by atoms with van der Waals surface area (Å²) in [5, 5.41) is 6.70. The van der Waals surface area contributed by atoms with Gasteiger partial charge >= 0.3 is 0 Å². The third kappa shape index (κ3) is 4.49. The average molecular weight is 283 g/mol. The first-order valence-corrected chi connectivity index (χ1v) is 6.95. The summed E-state index contributed by atoms with van der Waals surface area (Å²) in [5.74, 6) is -0.0396. The van der Waals surface area contributed by atoms with Gasteiger partial charge in [-0.3, -0.25) is 4.79 Å². The minimum absolute atomic E-state index is 0.0396. The number of ether oxygens (including phenoxy) is 1. The molecule has 5 heteroatoms. The standard InChI is InChI=1S/C14H19ClN2O2/c1-2-19-13-7-12(8-13)16-9-14(18)17-11-5-3-10(15)4-6-11/h3-6,12-13,16H,2,7-9H2,1H3,(H,17,18). The van der Waals surface area contributed by atoms with Crippen LogP contribution in [0.3, 0.4) is 0 Å². The molecule has 2 rings (SSSR count). The summed E-state index contributed by atoms with van der Waals surface area (Å²) in [4.78, 5) is 11.7. The fourth-order valence-electron chi connectivity index (χ4n) is 2.08. The predicted molar refractivity (Wildman–Crippen MR) is 76.5 cm³/mol. The number of hydrogen-bond donors (Lipinski definition) is 2. The minimum Gasteiger partial charge on any atom is -0.378 e. The highest BCUT2D eigenvalue weighted by Gasteiger charge is 2.29. The summed E-state index contributed by atoms with van der Waals surface area (Å²) >= 11 is 5.78. The van der Waals surface area contributed by atoms with Gasteiger partial charge in [-0.1, -0.05) is 11.6 Å². The monoisotopic (exact) mass is 282 g/mol. The minimum atomic E-state index is -0.0396. The average Bonchev–Trinajstić information content (AvgIpc) is 2.35. The van der Waals surface area contributed by atoms with Crippen molar-refractivity contribution in [1.29, 1.82) is 0 Å². The molecule has 2 N–H and O–H groups in total. The second kappa shape index (κ2) is 6.89. The van der Waals surface area contributed by atoms with E-state index >= 15 is 0 Å². The zero-order chi connectivity index (χ0) is 13.7. The van der Waals surface area contributed by atoms with Gasteiger partial charge in [-0.05, 0) is 44.0 Å². The third-order valence-corrected chi connectivity index (χ3v) is 3.43. The fraction of sp³-hybridized carbons (Fsp3) is 0.500. The number of benzene rings is 1. The van der Waals surface area contributed by atoms with Crippen LogP contribution in [0.2, 0.25) is 5.02 Å². The Morgan fingerprint density at radius 1 is 1.37 bits per heavy atom. The fourth-order valence-corrected chi connectivity index (χ4v) is 2.21. The van der Waals surface area contributed by atoms with Crippen LogP contribution in [0, 0.1) is 0 Å². The van der Waals surface area contributed by atoms with Gasteiger partial charge in [0.25, 0.3) is 0 Å². The second-order valence-corrected chi connectivity index (χ2v) is 5.12. The molecule has 1 saturated carbocycles. The molecule has 104 valence electrons. The highest BCUT2D eigenvalue weighted by molar-refractivity contribution is 6.30. The normalized spacial score (nSPS) is 21.8. The molecule has 1 amide bonds. The van der Waals surface area contributed by atoms with Gasteiger partial charge in [0.2, 0.25) is 5.91 Å². The molecule has 1 aromatic carbocycles. The zero-order valence-corrected chi connectivity index (χ0v) is 11.7. The van der Waals surface area contributed by atoms with E-state index in [0.717, 1.165) is 25.1 Å². The van der Waals surface area contributed by atoms with E-state index in [1.54, 1.807) is 24.3 Å². The van der Waals surface area contributed by atoms with Crippen LogP contribution in [-0.4, -0.2) is 31.2 Å². The van der Waals surface area contributed by atoms with Gasteiger partial charge in [-0.15, -0.1) is 0 Å². The smallest absolute Gasteiger partial charge is 0.238 e. The largest absolute Gasteiger partial charge is 0.378 e. The maximum Gasteiger partial charge on any atom is 0.238 e. The first-order valence-electron chi connectivity index (χ1n) is 6.57. The summed E-state index contributed by atoms with van der Waals surface area (Å²) < 4.78 is 5.47. The number of carbonyl (C=O) groups is 1. The third-order valence-electron chi connectivity index (χ3n) is 3.18. The molecule has 1 fully saturated rings. The molecule has 0 radical (unpaired) electrons. The summed E-state index contributed by atoms with van der Waals surface area (Å²) in [6.07, 6.45) is 2.34. The number of halogens is 1. The number of carbonyl (C=O) groups excluding carboxylic acids is 1. The predicted octanol–water partition coefficient (Wildman–Crippen LogP) is 2.44. The van der Waals surface area contributed by atoms with Crippen molar-refractivity contribution in [2.24, 2.45) is 0 Å². The zero-order valence-electron chi connectivity index (χ0n) is 11.0. The van der Waals surface area contributed by atoms with Crippen LogP contribution >= 0.6 is 11.6 Å². The van der Waals surface area contributed by atoms with Crippen molar-refractivity contribution in [2.45, 2.75) is 31.9 Å². The van der Waals surface area contributed by atoms with Crippen molar-refractivity contribution in [1.82, 2.24) is 5.32 Å². The van der Waals surface area contributed by atoms with E-state index in [0.29, 0.717) is 23.7 Å². The summed E-state index contributed by atoms with van der Waals surface area (Å²) in [6.45, 7) is 3.08. The van der Waals surface area contributed by atoms with Gasteiger partial charge < -0.3 is 15.4 Å². The Morgan fingerprint density at radius 2 is 2.05 bits per heavy atom. The van der Waals surface area contributed by atoms with Crippen LogP contribution in [0.1, 0.15) is 19.8 Å². The highest BCUT2D eigenvalue weighted by Crippen LogP contribution is 2.22. The molecule has 1 aliphatic carbocycles. The molecule has 0 heterocycles. The van der Waals surface area contributed by atoms with Crippen LogP contribution in [0.15, 0.2) is 24.3 Å². The Balaban J connectivity index is 1.64. The summed E-state index contributed by atoms with van der Waals surface area (Å²) in [7, 11) is 0. The first kappa shape index (κ1) is 14.3. The molecular weight excluding hydrogens is 264 g/mol. The van der Waals surface area contributed by atoms with Gasteiger partial charge in [-0.25, -0.2) is 0 Å². The SMILES string of the molecule is CCOC1CC(NCC(=O)Nc2ccc(Cl)cc2)C1. The van der Waals surface area contributed by atoms with E-state index in [1.807, 2.05) is 6.92 Å². The van der Waals surface area contributed by atoms with Crippen molar-refractivity contribution < 1.29 is 9.53 Å². The van der Waals surface area contributed by atoms with E-state index in [4.69, 9.17) is 16.3 Å². The Kier molecular flexibility index (Phi) is 5.19. The van der Waals surface area contributed by atoms with Gasteiger partial charge in [0, 0.05) is 23.4 Å². The van der Waals surface area contributed by atoms with Crippen LogP contribution in [0.4, 0.5) is 5.69 Å². The molecule has 0 unspecified atom stereocenters. The number of amides is 1. The van der Waals surface area contributed by atoms with E-state index in [9.17, 15) is 4.79 Å². The van der Waals surface area contributed by atoms with Gasteiger partial charge in [0.15, 0.2) is 0 Å². The molecule has 4 nitrogen and oxygen atoms in total. The molecule has 1 aliphatic rings. The van der Waals surface area contributed by atoms with E-state index < -0.39 is 0 Å². The Morgan fingerprint density at radius 3 is 2.68 bits per heavy atom. The van der Waals surface area contributed by atoms with E-state index in [1.165, 1.54) is 0 Å². The van der Waals surface area contributed by atoms with Crippen LogP contribution in [-0.2, 0) is 9.53 Å². The lowest BCUT2D eigenvalue weighted by Gasteiger charge is -2.35. The van der Waals surface area contributed by atoms with Crippen LogP contribution < -0.4 is 10.6 Å². The number of rotatable bonds is 6. The van der Waals surface area contributed by atoms with Crippen molar-refractivity contribution in [3.8, 4) is 0 Å². The lowest BCUT2D eigenvalue weighted by Crippen LogP contribution is -2.47. The van der Waals surface area contributed by atoms with Crippen molar-refractivity contribution in [3.63, 3.8) is 0 Å². The Labute approximate surface area is 118 Å². The van der Waals surface area contributed by atoms with Gasteiger partial charge in [-0.2, -0.15) is 0 Å². The molecule has 1 aromatic rings. The van der Waals surface area contributed by atoms with Gasteiger partial charge in [0.05, 0.1) is 12.6 Å². The van der Waals surface area contributed by atoms with Crippen molar-refractivity contribution in [2.75, 3.05) is 18.5 Å². The topological polar surface area (TPSA) is 50.4 Å². The van der Waals surface area contributed by atoms with Crippen molar-refractivity contribution >= 4 is 23.2 Å². The maximum atomic E-state index is 11.7. The quantitative estimate of drug-likeness (QED) is 0.843.